The van der Waals surface area contributed by atoms with Crippen molar-refractivity contribution in [3.63, 3.8) is 0 Å². The van der Waals surface area contributed by atoms with E-state index in [1.165, 1.54) is 32.1 Å². The first-order chi connectivity index (χ1) is 11.3. The van der Waals surface area contributed by atoms with Crippen LogP contribution in [0.2, 0.25) is 0 Å². The molecule has 1 aromatic heterocycles. The Hall–Kier alpha value is -1.88. The minimum Gasteiger partial charge on any atom is -0.310 e. The largest absolute Gasteiger partial charge is 0.310 e. The maximum absolute atomic E-state index is 12.6. The lowest BCUT2D eigenvalue weighted by Gasteiger charge is -2.43. The molecule has 1 aromatic carbocycles. The van der Waals surface area contributed by atoms with Crippen LogP contribution in [0.3, 0.4) is 0 Å². The van der Waals surface area contributed by atoms with Gasteiger partial charge in [0, 0.05) is 17.5 Å². The summed E-state index contributed by atoms with van der Waals surface area (Å²) in [6.45, 7) is 0.786. The fraction of sp³-hybridized carbons (Fsp3) is 0.556. The zero-order valence-corrected chi connectivity index (χ0v) is 13.4. The normalized spacial score (nSPS) is 23.9. The van der Waals surface area contributed by atoms with E-state index in [2.05, 4.69) is 20.8 Å². The molecule has 1 atom stereocenters. The number of benzene rings is 1. The average molecular weight is 312 g/mol. The number of nitrogens with one attached hydrogen (secondary N) is 3. The Morgan fingerprint density at radius 3 is 2.78 bits per heavy atom. The van der Waals surface area contributed by atoms with Gasteiger partial charge in [0.1, 0.15) is 0 Å². The number of rotatable bonds is 2. The molecule has 2 fully saturated rings. The maximum atomic E-state index is 12.6. The molecule has 23 heavy (non-hydrogen) atoms. The predicted molar refractivity (Wildman–Crippen MR) is 91.3 cm³/mol. The van der Waals surface area contributed by atoms with Gasteiger partial charge in [0.05, 0.1) is 11.4 Å². The first-order valence-corrected chi connectivity index (χ1v) is 8.75. The van der Waals surface area contributed by atoms with Gasteiger partial charge in [0.2, 0.25) is 5.91 Å². The van der Waals surface area contributed by atoms with Crippen molar-refractivity contribution < 1.29 is 4.79 Å². The summed E-state index contributed by atoms with van der Waals surface area (Å²) in [7, 11) is 0. The van der Waals surface area contributed by atoms with Gasteiger partial charge >= 0.3 is 0 Å². The Kier molecular flexibility index (Phi) is 3.81. The van der Waals surface area contributed by atoms with Gasteiger partial charge in [-0.2, -0.15) is 5.10 Å². The highest BCUT2D eigenvalue weighted by molar-refractivity contribution is 6.00. The molecule has 0 radical (unpaired) electrons. The standard InChI is InChI=1S/C18H24N4O/c23-17(20-16-14-6-2-3-7-15(14)21-22-16)13-8-11-18(19-12-13)9-4-1-5-10-18/h2-3,6-7,13,19H,1,4-5,8-12H2,(H2,20,21,22,23). The van der Waals surface area contributed by atoms with Gasteiger partial charge < -0.3 is 10.6 Å². The Labute approximate surface area is 136 Å². The molecule has 2 aliphatic rings. The molecule has 5 heteroatoms. The Morgan fingerprint density at radius 1 is 1.17 bits per heavy atom. The van der Waals surface area contributed by atoms with Crippen LogP contribution in [0, 0.1) is 5.92 Å². The van der Waals surface area contributed by atoms with Gasteiger partial charge in [0.15, 0.2) is 5.82 Å². The number of carbonyl (C=O) groups is 1. The molecule has 3 N–H and O–H groups in total. The number of nitrogens with zero attached hydrogens (tertiary/aromatic N) is 1. The van der Waals surface area contributed by atoms with Gasteiger partial charge in [-0.25, -0.2) is 0 Å². The van der Waals surface area contributed by atoms with Crippen LogP contribution in [-0.4, -0.2) is 28.2 Å². The summed E-state index contributed by atoms with van der Waals surface area (Å²) in [5, 5.41) is 14.9. The van der Waals surface area contributed by atoms with Crippen LogP contribution in [0.5, 0.6) is 0 Å². The number of piperidine rings is 1. The van der Waals surface area contributed by atoms with Crippen molar-refractivity contribution in [2.45, 2.75) is 50.5 Å². The predicted octanol–water partition coefficient (Wildman–Crippen LogP) is 3.20. The number of amides is 1. The number of hydrogen-bond acceptors (Lipinski definition) is 3. The van der Waals surface area contributed by atoms with Gasteiger partial charge in [0.25, 0.3) is 0 Å². The van der Waals surface area contributed by atoms with Crippen molar-refractivity contribution >= 4 is 22.6 Å². The molecule has 1 spiro atoms. The van der Waals surface area contributed by atoms with E-state index in [0.717, 1.165) is 30.3 Å². The molecule has 1 unspecified atom stereocenters. The van der Waals surface area contributed by atoms with E-state index in [1.54, 1.807) is 0 Å². The number of para-hydroxylation sites is 1. The van der Waals surface area contributed by atoms with Crippen molar-refractivity contribution in [3.8, 4) is 0 Å². The highest BCUT2D eigenvalue weighted by Crippen LogP contribution is 2.36. The van der Waals surface area contributed by atoms with Crippen LogP contribution in [0.25, 0.3) is 10.9 Å². The lowest BCUT2D eigenvalue weighted by Crippen LogP contribution is -2.54. The van der Waals surface area contributed by atoms with Gasteiger partial charge in [-0.3, -0.25) is 9.89 Å². The van der Waals surface area contributed by atoms with Crippen molar-refractivity contribution in [1.82, 2.24) is 15.5 Å². The maximum Gasteiger partial charge on any atom is 0.229 e. The number of carbonyl (C=O) groups excluding carboxylic acids is 1. The molecule has 1 saturated carbocycles. The molecular formula is C18H24N4O. The third-order valence-corrected chi connectivity index (χ3v) is 5.59. The first kappa shape index (κ1) is 14.7. The molecule has 0 bridgehead atoms. The van der Waals surface area contributed by atoms with Crippen molar-refractivity contribution in [1.29, 1.82) is 0 Å². The zero-order chi connectivity index (χ0) is 15.7. The first-order valence-electron chi connectivity index (χ1n) is 8.75. The number of H-pyrrole nitrogens is 1. The Bertz CT molecular complexity index is 692. The Morgan fingerprint density at radius 2 is 2.00 bits per heavy atom. The molecule has 1 aliphatic heterocycles. The second-order valence-electron chi connectivity index (χ2n) is 7.06. The molecule has 2 aromatic rings. The van der Waals surface area contributed by atoms with Crippen LogP contribution < -0.4 is 10.6 Å². The quantitative estimate of drug-likeness (QED) is 0.797. The topological polar surface area (TPSA) is 69.8 Å². The number of hydrogen-bond donors (Lipinski definition) is 3. The summed E-state index contributed by atoms with van der Waals surface area (Å²) < 4.78 is 0. The van der Waals surface area contributed by atoms with E-state index in [1.807, 2.05) is 24.3 Å². The second kappa shape index (κ2) is 5.96. The van der Waals surface area contributed by atoms with Gasteiger partial charge in [-0.1, -0.05) is 31.4 Å². The summed E-state index contributed by atoms with van der Waals surface area (Å²) in [6, 6.07) is 7.86. The van der Waals surface area contributed by atoms with E-state index in [9.17, 15) is 4.79 Å². The van der Waals surface area contributed by atoms with Gasteiger partial charge in [-0.05, 0) is 37.8 Å². The van der Waals surface area contributed by atoms with E-state index >= 15 is 0 Å². The molecule has 1 aliphatic carbocycles. The molecule has 4 rings (SSSR count). The zero-order valence-electron chi connectivity index (χ0n) is 13.4. The summed E-state index contributed by atoms with van der Waals surface area (Å²) in [5.41, 5.74) is 1.26. The van der Waals surface area contributed by atoms with Crippen molar-refractivity contribution in [3.05, 3.63) is 24.3 Å². The molecule has 5 nitrogen and oxygen atoms in total. The van der Waals surface area contributed by atoms with Gasteiger partial charge in [-0.15, -0.1) is 0 Å². The smallest absolute Gasteiger partial charge is 0.229 e. The molecule has 1 amide bonds. The second-order valence-corrected chi connectivity index (χ2v) is 7.06. The fourth-order valence-electron chi connectivity index (χ4n) is 4.14. The van der Waals surface area contributed by atoms with E-state index in [0.29, 0.717) is 11.4 Å². The molecule has 1 saturated heterocycles. The van der Waals surface area contributed by atoms with Crippen molar-refractivity contribution in [2.75, 3.05) is 11.9 Å². The Balaban J connectivity index is 1.40. The summed E-state index contributed by atoms with van der Waals surface area (Å²) in [6.07, 6.45) is 8.64. The minimum atomic E-state index is 0.0398. The number of aromatic amines is 1. The summed E-state index contributed by atoms with van der Waals surface area (Å²) in [5.74, 6) is 0.766. The van der Waals surface area contributed by atoms with E-state index in [-0.39, 0.29) is 11.8 Å². The minimum absolute atomic E-state index is 0.0398. The molecule has 122 valence electrons. The third-order valence-electron chi connectivity index (χ3n) is 5.59. The SMILES string of the molecule is O=C(Nc1n[nH]c2ccccc12)C1CCC2(CCCCC2)NC1. The number of aromatic nitrogens is 2. The summed E-state index contributed by atoms with van der Waals surface area (Å²) in [4.78, 5) is 12.6. The summed E-state index contributed by atoms with van der Waals surface area (Å²) >= 11 is 0. The third kappa shape index (κ3) is 2.85. The monoisotopic (exact) mass is 312 g/mol. The van der Waals surface area contributed by atoms with Crippen LogP contribution in [0.4, 0.5) is 5.82 Å². The number of fused-ring (bicyclic) bond motifs is 1. The van der Waals surface area contributed by atoms with Crippen LogP contribution in [0.15, 0.2) is 24.3 Å². The molecule has 2 heterocycles. The van der Waals surface area contributed by atoms with E-state index < -0.39 is 0 Å². The number of anilines is 1. The fourth-order valence-corrected chi connectivity index (χ4v) is 4.14. The van der Waals surface area contributed by atoms with E-state index in [4.69, 9.17) is 0 Å². The highest BCUT2D eigenvalue weighted by Gasteiger charge is 2.37. The average Bonchev–Trinajstić information content (AvgIpc) is 2.99. The van der Waals surface area contributed by atoms with Crippen LogP contribution in [-0.2, 0) is 4.79 Å². The van der Waals surface area contributed by atoms with Crippen molar-refractivity contribution in [2.24, 2.45) is 5.92 Å². The van der Waals surface area contributed by atoms with Crippen LogP contribution >= 0.6 is 0 Å². The lowest BCUT2D eigenvalue weighted by atomic mass is 9.74. The highest BCUT2D eigenvalue weighted by atomic mass is 16.2. The van der Waals surface area contributed by atoms with Crippen LogP contribution in [0.1, 0.15) is 44.9 Å². The molecular weight excluding hydrogens is 288 g/mol. The lowest BCUT2D eigenvalue weighted by molar-refractivity contribution is -0.121.